The Morgan fingerprint density at radius 3 is 2.47 bits per heavy atom. The maximum Gasteiger partial charge on any atom is 0.347 e. The van der Waals surface area contributed by atoms with Crippen molar-refractivity contribution in [3.8, 4) is 5.75 Å². The van der Waals surface area contributed by atoms with E-state index in [-0.39, 0.29) is 19.1 Å². The third-order valence-electron chi connectivity index (χ3n) is 5.27. The number of nitrogens with one attached hydrogen (secondary N) is 1. The van der Waals surface area contributed by atoms with Crippen molar-refractivity contribution in [3.05, 3.63) is 45.8 Å². The fourth-order valence-corrected chi connectivity index (χ4v) is 5.02. The average molecular weight is 460 g/mol. The van der Waals surface area contributed by atoms with E-state index in [0.717, 1.165) is 29.7 Å². The third kappa shape index (κ3) is 5.48. The second kappa shape index (κ2) is 10.6. The lowest BCUT2D eigenvalue weighted by Gasteiger charge is -2.18. The van der Waals surface area contributed by atoms with Crippen molar-refractivity contribution in [2.75, 3.05) is 18.5 Å². The summed E-state index contributed by atoms with van der Waals surface area (Å²) < 4.78 is 15.7. The van der Waals surface area contributed by atoms with Crippen LogP contribution in [-0.4, -0.2) is 37.2 Å². The maximum atomic E-state index is 12.9. The van der Waals surface area contributed by atoms with Crippen molar-refractivity contribution in [2.24, 2.45) is 5.92 Å². The van der Waals surface area contributed by atoms with Gasteiger partial charge in [0.2, 0.25) is 0 Å². The number of carbonyl (C=O) groups excluding carboxylic acids is 3. The topological polar surface area (TPSA) is 90.9 Å². The molecule has 1 N–H and O–H groups in total. The Morgan fingerprint density at radius 1 is 1.12 bits per heavy atom. The first-order chi connectivity index (χ1) is 15.3. The molecule has 0 saturated heterocycles. The van der Waals surface area contributed by atoms with Crippen molar-refractivity contribution in [1.29, 1.82) is 0 Å². The lowest BCUT2D eigenvalue weighted by Crippen LogP contribution is -2.26. The Balaban J connectivity index is 1.75. The Labute approximate surface area is 192 Å². The molecule has 1 amide bonds. The highest BCUT2D eigenvalue weighted by molar-refractivity contribution is 7.17. The zero-order valence-electron chi connectivity index (χ0n) is 18.9. The zero-order chi connectivity index (χ0) is 23.3. The molecule has 0 fully saturated rings. The van der Waals surface area contributed by atoms with Gasteiger partial charge >= 0.3 is 11.9 Å². The molecule has 7 nitrogen and oxygen atoms in total. The number of ether oxygens (including phenoxy) is 3. The Bertz CT molecular complexity index is 981. The highest BCUT2D eigenvalue weighted by atomic mass is 32.1. The summed E-state index contributed by atoms with van der Waals surface area (Å²) in [7, 11) is 0. The molecule has 1 heterocycles. The number of esters is 2. The van der Waals surface area contributed by atoms with E-state index in [9.17, 15) is 14.4 Å². The fraction of sp³-hybridized carbons (Fsp3) is 0.458. The van der Waals surface area contributed by atoms with E-state index in [0.29, 0.717) is 27.8 Å². The summed E-state index contributed by atoms with van der Waals surface area (Å²) in [5.74, 6) is -0.172. The van der Waals surface area contributed by atoms with Gasteiger partial charge in [0.15, 0.2) is 6.10 Å². The first kappa shape index (κ1) is 23.8. The predicted octanol–water partition coefficient (Wildman–Crippen LogP) is 4.63. The van der Waals surface area contributed by atoms with Crippen LogP contribution in [0.1, 0.15) is 65.3 Å². The molecule has 1 aliphatic rings. The van der Waals surface area contributed by atoms with Crippen LogP contribution in [-0.2, 0) is 27.1 Å². The standard InChI is InChI=1S/C24H29NO6S/c1-5-29-23(27)15(4)31-17-10-8-16(9-11-17)21(26)25-22-20(24(28)30-6-2)18-12-7-14(3)13-19(18)32-22/h8-11,14-15H,5-7,12-13H2,1-4H3,(H,25,26)/t14-,15-/m0/s1. The third-order valence-corrected chi connectivity index (χ3v) is 6.44. The molecule has 2 aromatic rings. The molecule has 0 bridgehead atoms. The highest BCUT2D eigenvalue weighted by Crippen LogP contribution is 2.40. The fourth-order valence-electron chi connectivity index (χ4n) is 3.63. The summed E-state index contributed by atoms with van der Waals surface area (Å²) in [6.45, 7) is 7.86. The summed E-state index contributed by atoms with van der Waals surface area (Å²) in [5, 5.41) is 3.43. The molecule has 0 unspecified atom stereocenters. The lowest BCUT2D eigenvalue weighted by molar-refractivity contribution is -0.150. The number of fused-ring (bicyclic) bond motifs is 1. The van der Waals surface area contributed by atoms with Crippen LogP contribution in [0.25, 0.3) is 0 Å². The molecule has 0 saturated carbocycles. The van der Waals surface area contributed by atoms with Crippen molar-refractivity contribution >= 4 is 34.2 Å². The van der Waals surface area contributed by atoms with Crippen molar-refractivity contribution < 1.29 is 28.6 Å². The number of hydrogen-bond acceptors (Lipinski definition) is 7. The van der Waals surface area contributed by atoms with E-state index in [1.807, 2.05) is 0 Å². The largest absolute Gasteiger partial charge is 0.479 e. The zero-order valence-corrected chi connectivity index (χ0v) is 19.7. The van der Waals surface area contributed by atoms with E-state index >= 15 is 0 Å². The van der Waals surface area contributed by atoms with Crippen LogP contribution in [0, 0.1) is 5.92 Å². The maximum absolute atomic E-state index is 12.9. The number of amides is 1. The van der Waals surface area contributed by atoms with E-state index in [4.69, 9.17) is 14.2 Å². The number of carbonyl (C=O) groups is 3. The van der Waals surface area contributed by atoms with Gasteiger partial charge in [0, 0.05) is 10.4 Å². The molecule has 8 heteroatoms. The van der Waals surface area contributed by atoms with Crippen LogP contribution in [0.15, 0.2) is 24.3 Å². The molecule has 3 rings (SSSR count). The first-order valence-electron chi connectivity index (χ1n) is 10.9. The second-order valence-electron chi connectivity index (χ2n) is 7.77. The quantitative estimate of drug-likeness (QED) is 0.579. The molecular formula is C24H29NO6S. The van der Waals surface area contributed by atoms with Crippen molar-refractivity contribution in [3.63, 3.8) is 0 Å². The van der Waals surface area contributed by atoms with Crippen LogP contribution in [0.5, 0.6) is 5.75 Å². The number of benzene rings is 1. The Morgan fingerprint density at radius 2 is 1.81 bits per heavy atom. The Kier molecular flexibility index (Phi) is 7.90. The van der Waals surface area contributed by atoms with Gasteiger partial charge in [-0.3, -0.25) is 4.79 Å². The van der Waals surface area contributed by atoms with Crippen LogP contribution < -0.4 is 10.1 Å². The minimum Gasteiger partial charge on any atom is -0.479 e. The van der Waals surface area contributed by atoms with E-state index in [2.05, 4.69) is 12.2 Å². The van der Waals surface area contributed by atoms with Gasteiger partial charge in [-0.2, -0.15) is 0 Å². The monoisotopic (exact) mass is 459 g/mol. The van der Waals surface area contributed by atoms with Gasteiger partial charge in [0.25, 0.3) is 5.91 Å². The lowest BCUT2D eigenvalue weighted by atomic mass is 9.88. The van der Waals surface area contributed by atoms with Crippen LogP contribution in [0.4, 0.5) is 5.00 Å². The summed E-state index contributed by atoms with van der Waals surface area (Å²) in [6, 6.07) is 6.47. The number of rotatable bonds is 8. The number of thiophene rings is 1. The minimum absolute atomic E-state index is 0.277. The van der Waals surface area contributed by atoms with Crippen LogP contribution in [0.2, 0.25) is 0 Å². The summed E-state index contributed by atoms with van der Waals surface area (Å²) in [4.78, 5) is 38.4. The average Bonchev–Trinajstić information content (AvgIpc) is 3.11. The molecule has 2 atom stereocenters. The molecule has 32 heavy (non-hydrogen) atoms. The first-order valence-corrected chi connectivity index (χ1v) is 11.7. The molecule has 1 aliphatic carbocycles. The molecule has 1 aromatic carbocycles. The van der Waals surface area contributed by atoms with E-state index in [1.54, 1.807) is 45.0 Å². The van der Waals surface area contributed by atoms with Gasteiger partial charge in [-0.15, -0.1) is 11.3 Å². The highest BCUT2D eigenvalue weighted by Gasteiger charge is 2.29. The number of hydrogen-bond donors (Lipinski definition) is 1. The SMILES string of the molecule is CCOC(=O)c1c(NC(=O)c2ccc(O[C@@H](C)C(=O)OCC)cc2)sc2c1CC[C@H](C)C2. The molecule has 0 radical (unpaired) electrons. The van der Waals surface area contributed by atoms with Gasteiger partial charge < -0.3 is 19.5 Å². The minimum atomic E-state index is -0.749. The van der Waals surface area contributed by atoms with E-state index in [1.165, 1.54) is 11.3 Å². The van der Waals surface area contributed by atoms with Gasteiger partial charge in [-0.05, 0) is 75.8 Å². The smallest absolute Gasteiger partial charge is 0.347 e. The van der Waals surface area contributed by atoms with Gasteiger partial charge in [0.1, 0.15) is 10.8 Å². The van der Waals surface area contributed by atoms with Crippen LogP contribution in [0.3, 0.4) is 0 Å². The normalized spacial score (nSPS) is 15.9. The van der Waals surface area contributed by atoms with Gasteiger partial charge in [-0.1, -0.05) is 6.92 Å². The predicted molar refractivity (Wildman–Crippen MR) is 123 cm³/mol. The summed E-state index contributed by atoms with van der Waals surface area (Å²) >= 11 is 1.45. The summed E-state index contributed by atoms with van der Waals surface area (Å²) in [5.41, 5.74) is 1.89. The van der Waals surface area contributed by atoms with Crippen molar-refractivity contribution in [2.45, 2.75) is 53.1 Å². The molecular weight excluding hydrogens is 430 g/mol. The van der Waals surface area contributed by atoms with Crippen molar-refractivity contribution in [1.82, 2.24) is 0 Å². The Hall–Kier alpha value is -2.87. The summed E-state index contributed by atoms with van der Waals surface area (Å²) in [6.07, 6.45) is 1.96. The van der Waals surface area contributed by atoms with Crippen LogP contribution >= 0.6 is 11.3 Å². The molecule has 0 aliphatic heterocycles. The molecule has 1 aromatic heterocycles. The number of anilines is 1. The molecule has 0 spiro atoms. The second-order valence-corrected chi connectivity index (χ2v) is 8.87. The molecule has 172 valence electrons. The van der Waals surface area contributed by atoms with Gasteiger partial charge in [0.05, 0.1) is 18.8 Å². The van der Waals surface area contributed by atoms with Gasteiger partial charge in [-0.25, -0.2) is 9.59 Å². The van der Waals surface area contributed by atoms with E-state index < -0.39 is 18.0 Å².